The van der Waals surface area contributed by atoms with Gasteiger partial charge in [0.2, 0.25) is 0 Å². The minimum absolute atomic E-state index is 0.853. The second-order valence-electron chi connectivity index (χ2n) is 3.09. The van der Waals surface area contributed by atoms with Crippen molar-refractivity contribution < 1.29 is 4.79 Å². The van der Waals surface area contributed by atoms with Gasteiger partial charge in [0.05, 0.1) is 0 Å². The predicted molar refractivity (Wildman–Crippen MR) is 53.1 cm³/mol. The van der Waals surface area contributed by atoms with Crippen LogP contribution in [-0.2, 0) is 4.79 Å². The maximum absolute atomic E-state index is 10.1. The molecule has 0 unspecified atom stereocenters. The van der Waals surface area contributed by atoms with Crippen molar-refractivity contribution in [3.05, 3.63) is 23.3 Å². The minimum Gasteiger partial charge on any atom is -0.299 e. The molecule has 0 aliphatic rings. The molecule has 0 fully saturated rings. The molecule has 0 aromatic heterocycles. The highest BCUT2D eigenvalue weighted by atomic mass is 16.1. The first-order valence-electron chi connectivity index (χ1n) is 4.47. The molecule has 0 bridgehead atoms. The minimum atomic E-state index is 0.853. The Labute approximate surface area is 75.2 Å². The zero-order chi connectivity index (χ0) is 9.40. The molecule has 0 heterocycles. The Kier molecular flexibility index (Phi) is 6.35. The SMILES string of the molecule is CC/C(C)=C\CC/C(C)=C\C=O. The summed E-state index contributed by atoms with van der Waals surface area (Å²) in [5.41, 5.74) is 2.58. The summed E-state index contributed by atoms with van der Waals surface area (Å²) in [6, 6.07) is 0. The fourth-order valence-corrected chi connectivity index (χ4v) is 0.890. The van der Waals surface area contributed by atoms with Crippen molar-refractivity contribution in [2.24, 2.45) is 0 Å². The van der Waals surface area contributed by atoms with Crippen LogP contribution in [-0.4, -0.2) is 6.29 Å². The van der Waals surface area contributed by atoms with Crippen LogP contribution in [0.15, 0.2) is 23.3 Å². The molecular weight excluding hydrogens is 148 g/mol. The van der Waals surface area contributed by atoms with Crippen LogP contribution in [0, 0.1) is 0 Å². The largest absolute Gasteiger partial charge is 0.299 e. The third-order valence-electron chi connectivity index (χ3n) is 1.94. The zero-order valence-electron chi connectivity index (χ0n) is 8.26. The quantitative estimate of drug-likeness (QED) is 0.348. The molecule has 0 aromatic carbocycles. The van der Waals surface area contributed by atoms with Crippen LogP contribution in [0.1, 0.15) is 40.0 Å². The van der Waals surface area contributed by atoms with Crippen LogP contribution in [0.4, 0.5) is 0 Å². The standard InChI is InChI=1S/C11H18O/c1-4-10(2)6-5-7-11(3)8-9-12/h6,8-9H,4-5,7H2,1-3H3/b10-6-,11-8-. The maximum Gasteiger partial charge on any atom is 0.142 e. The predicted octanol–water partition coefficient (Wildman–Crippen LogP) is 3.27. The molecule has 0 amide bonds. The Morgan fingerprint density at radius 3 is 2.42 bits per heavy atom. The number of carbonyl (C=O) groups excluding carboxylic acids is 1. The number of allylic oxidation sites excluding steroid dienone is 4. The van der Waals surface area contributed by atoms with Crippen LogP contribution < -0.4 is 0 Å². The second-order valence-corrected chi connectivity index (χ2v) is 3.09. The van der Waals surface area contributed by atoms with Gasteiger partial charge in [-0.3, -0.25) is 4.79 Å². The highest BCUT2D eigenvalue weighted by Gasteiger charge is 1.88. The van der Waals surface area contributed by atoms with Gasteiger partial charge in [-0.15, -0.1) is 0 Å². The van der Waals surface area contributed by atoms with Crippen LogP contribution in [0.3, 0.4) is 0 Å². The van der Waals surface area contributed by atoms with Crippen LogP contribution in [0.5, 0.6) is 0 Å². The summed E-state index contributed by atoms with van der Waals surface area (Å²) in [6.45, 7) is 6.28. The lowest BCUT2D eigenvalue weighted by Crippen LogP contribution is -1.78. The highest BCUT2D eigenvalue weighted by molar-refractivity contribution is 5.65. The van der Waals surface area contributed by atoms with Crippen molar-refractivity contribution in [1.82, 2.24) is 0 Å². The van der Waals surface area contributed by atoms with Gasteiger partial charge in [-0.25, -0.2) is 0 Å². The van der Waals surface area contributed by atoms with E-state index in [9.17, 15) is 4.79 Å². The van der Waals surface area contributed by atoms with Gasteiger partial charge in [-0.1, -0.05) is 24.1 Å². The van der Waals surface area contributed by atoms with Gasteiger partial charge >= 0.3 is 0 Å². The molecule has 0 aromatic rings. The molecule has 1 heteroatoms. The van der Waals surface area contributed by atoms with E-state index in [2.05, 4.69) is 19.9 Å². The summed E-state index contributed by atoms with van der Waals surface area (Å²) in [5.74, 6) is 0. The normalized spacial score (nSPS) is 13.2. The lowest BCUT2D eigenvalue weighted by Gasteiger charge is -1.97. The third kappa shape index (κ3) is 5.90. The summed E-state index contributed by atoms with van der Waals surface area (Å²) in [6.07, 6.45) is 7.89. The van der Waals surface area contributed by atoms with Crippen LogP contribution in [0.25, 0.3) is 0 Å². The Hall–Kier alpha value is -0.850. The molecule has 0 aliphatic heterocycles. The molecule has 0 aliphatic carbocycles. The Morgan fingerprint density at radius 1 is 1.25 bits per heavy atom. The van der Waals surface area contributed by atoms with E-state index >= 15 is 0 Å². The van der Waals surface area contributed by atoms with Crippen molar-refractivity contribution in [3.8, 4) is 0 Å². The molecule has 12 heavy (non-hydrogen) atoms. The first-order valence-corrected chi connectivity index (χ1v) is 4.47. The molecular formula is C11H18O. The van der Waals surface area contributed by atoms with Gasteiger partial charge < -0.3 is 0 Å². The zero-order valence-corrected chi connectivity index (χ0v) is 8.26. The Bertz CT molecular complexity index is 187. The van der Waals surface area contributed by atoms with Gasteiger partial charge in [0.15, 0.2) is 0 Å². The number of aldehydes is 1. The fraction of sp³-hybridized carbons (Fsp3) is 0.545. The van der Waals surface area contributed by atoms with E-state index in [1.165, 1.54) is 5.57 Å². The number of rotatable bonds is 5. The van der Waals surface area contributed by atoms with Gasteiger partial charge in [0.1, 0.15) is 6.29 Å². The average Bonchev–Trinajstić information content (AvgIpc) is 2.04. The molecule has 0 saturated heterocycles. The monoisotopic (exact) mass is 166 g/mol. The van der Waals surface area contributed by atoms with Crippen molar-refractivity contribution >= 4 is 6.29 Å². The molecule has 1 nitrogen and oxygen atoms in total. The van der Waals surface area contributed by atoms with E-state index in [0.717, 1.165) is 31.1 Å². The molecule has 0 saturated carbocycles. The van der Waals surface area contributed by atoms with E-state index in [4.69, 9.17) is 0 Å². The van der Waals surface area contributed by atoms with E-state index < -0.39 is 0 Å². The van der Waals surface area contributed by atoms with Crippen molar-refractivity contribution in [1.29, 1.82) is 0 Å². The molecule has 0 atom stereocenters. The van der Waals surface area contributed by atoms with Crippen LogP contribution in [0.2, 0.25) is 0 Å². The van der Waals surface area contributed by atoms with Gasteiger partial charge in [0, 0.05) is 0 Å². The number of hydrogen-bond acceptors (Lipinski definition) is 1. The van der Waals surface area contributed by atoms with Gasteiger partial charge in [0.25, 0.3) is 0 Å². The summed E-state index contributed by atoms with van der Waals surface area (Å²) in [7, 11) is 0. The Morgan fingerprint density at radius 2 is 1.92 bits per heavy atom. The van der Waals surface area contributed by atoms with Crippen molar-refractivity contribution in [2.75, 3.05) is 0 Å². The summed E-state index contributed by atoms with van der Waals surface area (Å²) in [4.78, 5) is 10.1. The van der Waals surface area contributed by atoms with E-state index in [1.54, 1.807) is 6.08 Å². The first-order chi connectivity index (χ1) is 5.70. The molecule has 0 spiro atoms. The lowest BCUT2D eigenvalue weighted by atomic mass is 10.1. The third-order valence-corrected chi connectivity index (χ3v) is 1.94. The number of carbonyl (C=O) groups is 1. The van der Waals surface area contributed by atoms with E-state index in [0.29, 0.717) is 0 Å². The maximum atomic E-state index is 10.1. The lowest BCUT2D eigenvalue weighted by molar-refractivity contribution is -0.104. The van der Waals surface area contributed by atoms with Gasteiger partial charge in [-0.05, 0) is 39.2 Å². The topological polar surface area (TPSA) is 17.1 Å². The fourth-order valence-electron chi connectivity index (χ4n) is 0.890. The van der Waals surface area contributed by atoms with Crippen molar-refractivity contribution in [3.63, 3.8) is 0 Å². The van der Waals surface area contributed by atoms with Gasteiger partial charge in [-0.2, -0.15) is 0 Å². The second kappa shape index (κ2) is 6.84. The van der Waals surface area contributed by atoms with E-state index in [-0.39, 0.29) is 0 Å². The molecule has 68 valence electrons. The molecule has 0 rings (SSSR count). The van der Waals surface area contributed by atoms with E-state index in [1.807, 2.05) is 6.92 Å². The Balaban J connectivity index is 3.69. The average molecular weight is 166 g/mol. The summed E-state index contributed by atoms with van der Waals surface area (Å²) < 4.78 is 0. The molecule has 0 N–H and O–H groups in total. The molecule has 0 radical (unpaired) electrons. The first kappa shape index (κ1) is 11.2. The summed E-state index contributed by atoms with van der Waals surface area (Å²) in [5, 5.41) is 0. The smallest absolute Gasteiger partial charge is 0.142 e. The van der Waals surface area contributed by atoms with Crippen LogP contribution >= 0.6 is 0 Å². The summed E-state index contributed by atoms with van der Waals surface area (Å²) >= 11 is 0. The van der Waals surface area contributed by atoms with Crippen molar-refractivity contribution in [2.45, 2.75) is 40.0 Å². The number of hydrogen-bond donors (Lipinski definition) is 0. The highest BCUT2D eigenvalue weighted by Crippen LogP contribution is 2.07.